The predicted molar refractivity (Wildman–Crippen MR) is 54.5 cm³/mol. The van der Waals surface area contributed by atoms with E-state index < -0.39 is 0 Å². The third-order valence-corrected chi connectivity index (χ3v) is 2.63. The summed E-state index contributed by atoms with van der Waals surface area (Å²) in [6.45, 7) is 8.59. The first kappa shape index (κ1) is 11.2. The Hall–Kier alpha value is -0.860. The molecule has 0 radical (unpaired) electrons. The summed E-state index contributed by atoms with van der Waals surface area (Å²) >= 11 is 0. The van der Waals surface area contributed by atoms with Crippen LogP contribution in [0.1, 0.15) is 34.1 Å². The minimum absolute atomic E-state index is 0.00222. The molecular formula is C11H19NO2. The Bertz CT molecular complexity index is 246. The molecule has 2 amide bonds. The van der Waals surface area contributed by atoms with Crippen LogP contribution >= 0.6 is 0 Å². The van der Waals surface area contributed by atoms with Crippen LogP contribution in [0.25, 0.3) is 0 Å². The molecule has 1 fully saturated rings. The summed E-state index contributed by atoms with van der Waals surface area (Å²) < 4.78 is 0. The molecule has 80 valence electrons. The third kappa shape index (κ3) is 2.14. The second kappa shape index (κ2) is 4.11. The molecule has 1 atom stereocenters. The van der Waals surface area contributed by atoms with E-state index in [2.05, 4.69) is 0 Å². The zero-order valence-corrected chi connectivity index (χ0v) is 9.41. The van der Waals surface area contributed by atoms with E-state index in [1.165, 1.54) is 4.90 Å². The largest absolute Gasteiger partial charge is 0.282 e. The molecule has 3 nitrogen and oxygen atoms in total. The average molecular weight is 197 g/mol. The smallest absolute Gasteiger partial charge is 0.233 e. The van der Waals surface area contributed by atoms with Gasteiger partial charge in [0.1, 0.15) is 0 Å². The third-order valence-electron chi connectivity index (χ3n) is 2.63. The molecule has 0 aliphatic carbocycles. The van der Waals surface area contributed by atoms with E-state index in [-0.39, 0.29) is 23.7 Å². The predicted octanol–water partition coefficient (Wildman–Crippen LogP) is 1.67. The van der Waals surface area contributed by atoms with Crippen LogP contribution in [0.15, 0.2) is 0 Å². The lowest BCUT2D eigenvalue weighted by atomic mass is 9.94. The lowest BCUT2D eigenvalue weighted by Gasteiger charge is -2.18. The van der Waals surface area contributed by atoms with Gasteiger partial charge in [-0.05, 0) is 11.8 Å². The van der Waals surface area contributed by atoms with Crippen molar-refractivity contribution in [3.63, 3.8) is 0 Å². The number of hydrogen-bond donors (Lipinski definition) is 0. The summed E-state index contributed by atoms with van der Waals surface area (Å²) in [7, 11) is 0. The summed E-state index contributed by atoms with van der Waals surface area (Å²) in [6, 6.07) is 0. The topological polar surface area (TPSA) is 37.4 Å². The lowest BCUT2D eigenvalue weighted by molar-refractivity contribution is -0.140. The highest BCUT2D eigenvalue weighted by Gasteiger charge is 2.39. The van der Waals surface area contributed by atoms with Gasteiger partial charge in [0.15, 0.2) is 0 Å². The van der Waals surface area contributed by atoms with Crippen molar-refractivity contribution in [1.29, 1.82) is 0 Å². The van der Waals surface area contributed by atoms with Gasteiger partial charge in [0.25, 0.3) is 0 Å². The van der Waals surface area contributed by atoms with Gasteiger partial charge in [-0.2, -0.15) is 0 Å². The Morgan fingerprint density at radius 2 is 1.86 bits per heavy atom. The Morgan fingerprint density at radius 1 is 1.29 bits per heavy atom. The fraction of sp³-hybridized carbons (Fsp3) is 0.818. The Kier molecular flexibility index (Phi) is 3.29. The maximum Gasteiger partial charge on any atom is 0.233 e. The number of rotatable bonds is 3. The fourth-order valence-corrected chi connectivity index (χ4v) is 1.79. The standard InChI is InChI=1S/C11H19NO2/c1-7(2)6-12-10(13)5-9(8(3)4)11(12)14/h7-9H,5-6H2,1-4H3. The molecule has 3 heteroatoms. The maximum absolute atomic E-state index is 11.8. The van der Waals surface area contributed by atoms with Gasteiger partial charge >= 0.3 is 0 Å². The van der Waals surface area contributed by atoms with Gasteiger partial charge in [0.05, 0.1) is 0 Å². The number of imide groups is 1. The molecule has 0 bridgehead atoms. The number of hydrogen-bond acceptors (Lipinski definition) is 2. The average Bonchev–Trinajstić information content (AvgIpc) is 2.31. The molecule has 14 heavy (non-hydrogen) atoms. The molecule has 0 aromatic carbocycles. The molecule has 1 rings (SSSR count). The zero-order chi connectivity index (χ0) is 10.9. The highest BCUT2D eigenvalue weighted by atomic mass is 16.2. The second-order valence-corrected chi connectivity index (χ2v) is 4.79. The number of likely N-dealkylation sites (tertiary alicyclic amines) is 1. The Balaban J connectivity index is 2.70. The van der Waals surface area contributed by atoms with E-state index in [0.717, 1.165) is 0 Å². The van der Waals surface area contributed by atoms with Crippen molar-refractivity contribution in [3.05, 3.63) is 0 Å². The zero-order valence-electron chi connectivity index (χ0n) is 9.41. The van der Waals surface area contributed by atoms with E-state index in [9.17, 15) is 9.59 Å². The van der Waals surface area contributed by atoms with E-state index >= 15 is 0 Å². The highest BCUT2D eigenvalue weighted by molar-refractivity contribution is 6.03. The van der Waals surface area contributed by atoms with Gasteiger partial charge in [-0.15, -0.1) is 0 Å². The summed E-state index contributed by atoms with van der Waals surface area (Å²) in [5.74, 6) is 0.569. The first-order valence-electron chi connectivity index (χ1n) is 5.27. The van der Waals surface area contributed by atoms with Crippen molar-refractivity contribution in [1.82, 2.24) is 4.90 Å². The first-order valence-corrected chi connectivity index (χ1v) is 5.27. The van der Waals surface area contributed by atoms with Gasteiger partial charge in [-0.3, -0.25) is 14.5 Å². The number of amides is 2. The summed E-state index contributed by atoms with van der Waals surface area (Å²) in [5.41, 5.74) is 0. The van der Waals surface area contributed by atoms with Crippen molar-refractivity contribution in [2.24, 2.45) is 17.8 Å². The van der Waals surface area contributed by atoms with E-state index in [1.807, 2.05) is 27.7 Å². The SMILES string of the molecule is CC(C)CN1C(=O)CC(C(C)C)C1=O. The van der Waals surface area contributed by atoms with Crippen LogP contribution in [0.5, 0.6) is 0 Å². The molecule has 1 aliphatic rings. The van der Waals surface area contributed by atoms with E-state index in [1.54, 1.807) is 0 Å². The van der Waals surface area contributed by atoms with Crippen molar-refractivity contribution < 1.29 is 9.59 Å². The highest BCUT2D eigenvalue weighted by Crippen LogP contribution is 2.26. The van der Waals surface area contributed by atoms with Crippen molar-refractivity contribution >= 4 is 11.8 Å². The summed E-state index contributed by atoms with van der Waals surface area (Å²) in [6.07, 6.45) is 0.406. The van der Waals surface area contributed by atoms with Gasteiger partial charge < -0.3 is 0 Å². The van der Waals surface area contributed by atoms with Crippen molar-refractivity contribution in [3.8, 4) is 0 Å². The molecular weight excluding hydrogens is 178 g/mol. The van der Waals surface area contributed by atoms with Crippen LogP contribution < -0.4 is 0 Å². The number of carbonyl (C=O) groups is 2. The number of carbonyl (C=O) groups excluding carboxylic acids is 2. The van der Waals surface area contributed by atoms with Gasteiger partial charge in [0.2, 0.25) is 11.8 Å². The van der Waals surface area contributed by atoms with Crippen LogP contribution in [-0.4, -0.2) is 23.3 Å². The first-order chi connectivity index (χ1) is 6.43. The molecule has 1 aliphatic heterocycles. The van der Waals surface area contributed by atoms with Gasteiger partial charge in [-0.25, -0.2) is 0 Å². The summed E-state index contributed by atoms with van der Waals surface area (Å²) in [4.78, 5) is 24.8. The van der Waals surface area contributed by atoms with Gasteiger partial charge in [-0.1, -0.05) is 27.7 Å². The molecule has 0 saturated carbocycles. The van der Waals surface area contributed by atoms with Crippen molar-refractivity contribution in [2.75, 3.05) is 6.54 Å². The van der Waals surface area contributed by atoms with E-state index in [0.29, 0.717) is 18.9 Å². The molecule has 1 saturated heterocycles. The normalized spacial score (nSPS) is 23.0. The fourth-order valence-electron chi connectivity index (χ4n) is 1.79. The number of nitrogens with zero attached hydrogens (tertiary/aromatic N) is 1. The lowest BCUT2D eigenvalue weighted by Crippen LogP contribution is -2.34. The van der Waals surface area contributed by atoms with E-state index in [4.69, 9.17) is 0 Å². The van der Waals surface area contributed by atoms with Crippen LogP contribution in [0, 0.1) is 17.8 Å². The van der Waals surface area contributed by atoms with Crippen LogP contribution in [0.4, 0.5) is 0 Å². The van der Waals surface area contributed by atoms with Crippen LogP contribution in [-0.2, 0) is 9.59 Å². The van der Waals surface area contributed by atoms with Crippen LogP contribution in [0.2, 0.25) is 0 Å². The second-order valence-electron chi connectivity index (χ2n) is 4.79. The minimum Gasteiger partial charge on any atom is -0.282 e. The summed E-state index contributed by atoms with van der Waals surface area (Å²) in [5, 5.41) is 0. The minimum atomic E-state index is -0.0822. The molecule has 0 spiro atoms. The quantitative estimate of drug-likeness (QED) is 0.645. The Labute approximate surface area is 85.5 Å². The molecule has 1 heterocycles. The Morgan fingerprint density at radius 3 is 2.21 bits per heavy atom. The molecule has 0 aromatic rings. The maximum atomic E-state index is 11.8. The molecule has 0 aromatic heterocycles. The van der Waals surface area contributed by atoms with Gasteiger partial charge in [0, 0.05) is 18.9 Å². The molecule has 1 unspecified atom stereocenters. The van der Waals surface area contributed by atoms with Crippen molar-refractivity contribution in [2.45, 2.75) is 34.1 Å². The monoisotopic (exact) mass is 197 g/mol. The molecule has 0 N–H and O–H groups in total. The van der Waals surface area contributed by atoms with Crippen LogP contribution in [0.3, 0.4) is 0 Å².